The van der Waals surface area contributed by atoms with Crippen LogP contribution >= 0.6 is 0 Å². The fraction of sp³-hybridized carbons (Fsp3) is 1.00. The molecule has 0 aromatic rings. The predicted octanol–water partition coefficient (Wildman–Crippen LogP) is 3.06. The van der Waals surface area contributed by atoms with Crippen LogP contribution in [0, 0.1) is 0 Å². The van der Waals surface area contributed by atoms with Crippen molar-refractivity contribution in [3.8, 4) is 0 Å². The first kappa shape index (κ1) is 14.6. The Morgan fingerprint density at radius 1 is 0.636 bits per heavy atom. The van der Waals surface area contributed by atoms with E-state index in [9.17, 15) is 0 Å². The molecular formula is C9H22BNa. The zero-order valence-corrected chi connectivity index (χ0v) is 8.31. The first-order valence-electron chi connectivity index (χ1n) is 4.46. The van der Waals surface area contributed by atoms with Crippen LogP contribution in [-0.2, 0) is 0 Å². The van der Waals surface area contributed by atoms with Crippen molar-refractivity contribution in [1.82, 2.24) is 0 Å². The molecule has 0 heterocycles. The Balaban J connectivity index is 0. The number of hydrogen-bond donors (Lipinski definition) is 0. The van der Waals surface area contributed by atoms with E-state index in [4.69, 9.17) is 0 Å². The number of rotatable bonds is 3. The van der Waals surface area contributed by atoms with E-state index in [1.807, 2.05) is 0 Å². The van der Waals surface area contributed by atoms with Gasteiger partial charge in [-0.3, -0.25) is 0 Å². The van der Waals surface area contributed by atoms with Crippen LogP contribution in [0.5, 0.6) is 0 Å². The Bertz CT molecular complexity index is 70.5. The third-order valence-corrected chi connectivity index (χ3v) is 2.31. The van der Waals surface area contributed by atoms with Gasteiger partial charge >= 0.3 is 29.6 Å². The van der Waals surface area contributed by atoms with E-state index in [1.165, 1.54) is 0 Å². The summed E-state index contributed by atoms with van der Waals surface area (Å²) in [6, 6.07) is 0. The van der Waals surface area contributed by atoms with Crippen LogP contribution in [0.2, 0.25) is 17.5 Å². The van der Waals surface area contributed by atoms with E-state index in [1.54, 1.807) is 0 Å². The van der Waals surface area contributed by atoms with Gasteiger partial charge in [0.1, 0.15) is 6.71 Å². The summed E-state index contributed by atoms with van der Waals surface area (Å²) in [5.41, 5.74) is 0. The monoisotopic (exact) mass is 164 g/mol. The van der Waals surface area contributed by atoms with Crippen LogP contribution in [0.1, 0.15) is 41.5 Å². The summed E-state index contributed by atoms with van der Waals surface area (Å²) in [6.07, 6.45) is 0. The summed E-state index contributed by atoms with van der Waals surface area (Å²) >= 11 is 0. The molecular weight excluding hydrogens is 142 g/mol. The van der Waals surface area contributed by atoms with E-state index in [0.29, 0.717) is 0 Å². The molecule has 0 aliphatic carbocycles. The summed E-state index contributed by atoms with van der Waals surface area (Å²) in [6.45, 7) is 14.8. The second-order valence-electron chi connectivity index (χ2n) is 4.31. The molecule has 0 aliphatic rings. The Kier molecular flexibility index (Phi) is 8.70. The van der Waals surface area contributed by atoms with Gasteiger partial charge in [-0.05, 0) is 0 Å². The van der Waals surface area contributed by atoms with Crippen molar-refractivity contribution < 1.29 is 0 Å². The molecule has 0 atom stereocenters. The normalized spacial score (nSPS) is 10.6. The molecule has 0 unspecified atom stereocenters. The Morgan fingerprint density at radius 2 is 0.818 bits per heavy atom. The summed E-state index contributed by atoms with van der Waals surface area (Å²) in [4.78, 5) is 0. The quantitative estimate of drug-likeness (QED) is 0.562. The van der Waals surface area contributed by atoms with Crippen molar-refractivity contribution in [3.63, 3.8) is 0 Å². The first-order valence-corrected chi connectivity index (χ1v) is 4.46. The SMILES string of the molecule is CC(C)B(C(C)C)C(C)C.[NaH]. The molecule has 0 fully saturated rings. The average Bonchev–Trinajstić information content (AvgIpc) is 1.59. The topological polar surface area (TPSA) is 0 Å². The van der Waals surface area contributed by atoms with Crippen LogP contribution in [0.15, 0.2) is 0 Å². The van der Waals surface area contributed by atoms with Crippen LogP contribution < -0.4 is 0 Å². The first-order chi connectivity index (χ1) is 4.46. The maximum atomic E-state index is 2.32. The molecule has 0 spiro atoms. The van der Waals surface area contributed by atoms with Gasteiger partial charge in [-0.25, -0.2) is 0 Å². The minimum atomic E-state index is 0. The fourth-order valence-corrected chi connectivity index (χ4v) is 2.31. The summed E-state index contributed by atoms with van der Waals surface area (Å²) < 4.78 is 0. The molecule has 0 N–H and O–H groups in total. The standard InChI is InChI=1S/C9H21B.Na.H/c1-7(2)10(8(3)4)9(5)6;;/h7-9H,1-6H3;;. The molecule has 0 nitrogen and oxygen atoms in total. The fourth-order valence-electron chi connectivity index (χ4n) is 2.31. The van der Waals surface area contributed by atoms with Crippen LogP contribution in [-0.4, -0.2) is 36.3 Å². The van der Waals surface area contributed by atoms with Gasteiger partial charge in [0, 0.05) is 0 Å². The van der Waals surface area contributed by atoms with Gasteiger partial charge in [0.05, 0.1) is 0 Å². The van der Waals surface area contributed by atoms with Crippen molar-refractivity contribution in [3.05, 3.63) is 0 Å². The Morgan fingerprint density at radius 3 is 0.818 bits per heavy atom. The van der Waals surface area contributed by atoms with Crippen molar-refractivity contribution in [2.75, 3.05) is 0 Å². The molecule has 0 aromatic heterocycles. The van der Waals surface area contributed by atoms with Crippen LogP contribution in [0.4, 0.5) is 0 Å². The van der Waals surface area contributed by atoms with E-state index in [2.05, 4.69) is 41.5 Å². The van der Waals surface area contributed by atoms with Gasteiger partial charge in [-0.15, -0.1) is 0 Å². The molecule has 0 radical (unpaired) electrons. The molecule has 0 amide bonds. The Hall–Kier alpha value is 1.06. The van der Waals surface area contributed by atoms with Crippen molar-refractivity contribution in [2.45, 2.75) is 59.0 Å². The Labute approximate surface area is 94.9 Å². The molecule has 0 saturated carbocycles. The molecule has 62 valence electrons. The summed E-state index contributed by atoms with van der Waals surface area (Å²) in [5.74, 6) is 2.50. The maximum absolute atomic E-state index is 2.32. The second kappa shape index (κ2) is 6.57. The van der Waals surface area contributed by atoms with E-state index >= 15 is 0 Å². The van der Waals surface area contributed by atoms with E-state index < -0.39 is 0 Å². The molecule has 11 heavy (non-hydrogen) atoms. The van der Waals surface area contributed by atoms with Crippen LogP contribution in [0.25, 0.3) is 0 Å². The average molecular weight is 164 g/mol. The van der Waals surface area contributed by atoms with E-state index in [-0.39, 0.29) is 29.6 Å². The van der Waals surface area contributed by atoms with Crippen molar-refractivity contribution >= 4 is 36.3 Å². The van der Waals surface area contributed by atoms with Crippen molar-refractivity contribution in [2.24, 2.45) is 0 Å². The third-order valence-electron chi connectivity index (χ3n) is 2.31. The molecule has 0 aromatic carbocycles. The zero-order chi connectivity index (χ0) is 8.31. The minimum absolute atomic E-state index is 0. The molecule has 0 rings (SSSR count). The molecule has 2 heteroatoms. The molecule has 0 bridgehead atoms. The number of hydrogen-bond acceptors (Lipinski definition) is 0. The van der Waals surface area contributed by atoms with Gasteiger partial charge in [0.15, 0.2) is 0 Å². The zero-order valence-electron chi connectivity index (χ0n) is 8.31. The molecule has 0 aliphatic heterocycles. The van der Waals surface area contributed by atoms with Gasteiger partial charge in [0.2, 0.25) is 0 Å². The van der Waals surface area contributed by atoms with Crippen LogP contribution in [0.3, 0.4) is 0 Å². The van der Waals surface area contributed by atoms with Gasteiger partial charge in [0.25, 0.3) is 0 Å². The molecule has 0 saturated heterocycles. The predicted molar refractivity (Wildman–Crippen MR) is 58.2 cm³/mol. The van der Waals surface area contributed by atoms with Gasteiger partial charge < -0.3 is 0 Å². The van der Waals surface area contributed by atoms with Gasteiger partial charge in [-0.2, -0.15) is 0 Å². The van der Waals surface area contributed by atoms with E-state index in [0.717, 1.165) is 24.2 Å². The van der Waals surface area contributed by atoms with Gasteiger partial charge in [-0.1, -0.05) is 59.0 Å². The second-order valence-corrected chi connectivity index (χ2v) is 4.31. The summed E-state index contributed by atoms with van der Waals surface area (Å²) in [5, 5.41) is 0. The van der Waals surface area contributed by atoms with Crippen molar-refractivity contribution in [1.29, 1.82) is 0 Å². The summed E-state index contributed by atoms with van der Waals surface area (Å²) in [7, 11) is 0. The third kappa shape index (κ3) is 5.33.